The van der Waals surface area contributed by atoms with Crippen LogP contribution in [0.1, 0.15) is 44.8 Å². The van der Waals surface area contributed by atoms with Gasteiger partial charge in [-0.2, -0.15) is 19.6 Å². The Hall–Kier alpha value is -4.42. The van der Waals surface area contributed by atoms with E-state index in [1.54, 1.807) is 36.8 Å². The normalized spacial score (nSPS) is 14.0. The number of rotatable bonds is 11. The van der Waals surface area contributed by atoms with Crippen molar-refractivity contribution in [2.24, 2.45) is 5.92 Å². The number of ether oxygens (including phenoxy) is 1. The molecule has 216 valence electrons. The van der Waals surface area contributed by atoms with Crippen LogP contribution in [0.4, 0.5) is 0 Å². The van der Waals surface area contributed by atoms with Gasteiger partial charge in [0.25, 0.3) is 5.56 Å². The highest BCUT2D eigenvalue weighted by Gasteiger charge is 2.32. The fraction of sp³-hybridized carbons (Fsp3) is 0.345. The largest absolute Gasteiger partial charge is 0.618 e. The van der Waals surface area contributed by atoms with E-state index in [2.05, 4.69) is 25.7 Å². The molecule has 13 heteroatoms. The van der Waals surface area contributed by atoms with E-state index in [1.807, 2.05) is 42.9 Å². The van der Waals surface area contributed by atoms with E-state index in [4.69, 9.17) is 16.3 Å². The standard InChI is InChI=1S/C29H30ClN9O3/c1-19(2)42-10-9-36-29(40)12-22(14-32-36)23-15-33-37(16-23)28(11-20-3-4-20)27-7-5-21(17-39(27)41)25-13-24(30)6-8-26(25)38-18-31-34-35-38/h5-8,12-20,28H,3-4,9-11H2,1-2H3. The van der Waals surface area contributed by atoms with Gasteiger partial charge in [0.2, 0.25) is 5.69 Å². The SMILES string of the molecule is CC(C)OCCn1ncc(-c2cnn(C(CC3CC3)c3ccc(-c4cc(Cl)ccc4-n4cnnn4)c[n+]3[O-])c2)cc1=O. The molecule has 0 radical (unpaired) electrons. The Morgan fingerprint density at radius 1 is 1.10 bits per heavy atom. The highest BCUT2D eigenvalue weighted by atomic mass is 35.5. The maximum atomic E-state index is 13.5. The molecule has 1 saturated carbocycles. The molecule has 0 bridgehead atoms. The Bertz CT molecular complexity index is 1750. The topological polar surface area (TPSA) is 132 Å². The number of nitrogens with zero attached hydrogens (tertiary/aromatic N) is 9. The molecule has 1 fully saturated rings. The molecular formula is C29H30ClN9O3. The van der Waals surface area contributed by atoms with E-state index in [0.717, 1.165) is 35.1 Å². The second-order valence-electron chi connectivity index (χ2n) is 10.7. The molecule has 0 saturated heterocycles. The summed E-state index contributed by atoms with van der Waals surface area (Å²) in [7, 11) is 0. The summed E-state index contributed by atoms with van der Waals surface area (Å²) in [4.78, 5) is 12.7. The van der Waals surface area contributed by atoms with E-state index in [-0.39, 0.29) is 17.7 Å². The van der Waals surface area contributed by atoms with E-state index in [0.29, 0.717) is 46.6 Å². The average Bonchev–Trinajstić information content (AvgIpc) is 3.40. The van der Waals surface area contributed by atoms with Gasteiger partial charge >= 0.3 is 0 Å². The van der Waals surface area contributed by atoms with Gasteiger partial charge in [0.1, 0.15) is 12.4 Å². The second-order valence-corrected chi connectivity index (χ2v) is 11.1. The summed E-state index contributed by atoms with van der Waals surface area (Å²) >= 11 is 6.31. The first-order valence-corrected chi connectivity index (χ1v) is 14.2. The highest BCUT2D eigenvalue weighted by molar-refractivity contribution is 6.31. The minimum atomic E-state index is -0.280. The molecule has 1 unspecified atom stereocenters. The van der Waals surface area contributed by atoms with Crippen molar-refractivity contribution in [2.45, 2.75) is 51.8 Å². The molecule has 1 aromatic carbocycles. The van der Waals surface area contributed by atoms with Crippen molar-refractivity contribution in [2.75, 3.05) is 6.61 Å². The fourth-order valence-corrected chi connectivity index (χ4v) is 5.12. The number of benzene rings is 1. The van der Waals surface area contributed by atoms with Crippen molar-refractivity contribution >= 4 is 11.6 Å². The van der Waals surface area contributed by atoms with Gasteiger partial charge in [-0.05, 0) is 60.9 Å². The predicted octanol–water partition coefficient (Wildman–Crippen LogP) is 3.85. The molecule has 4 heterocycles. The molecule has 42 heavy (non-hydrogen) atoms. The summed E-state index contributed by atoms with van der Waals surface area (Å²) in [6.45, 7) is 4.69. The Kier molecular flexibility index (Phi) is 7.81. The lowest BCUT2D eigenvalue weighted by molar-refractivity contribution is -0.615. The zero-order valence-corrected chi connectivity index (χ0v) is 24.0. The lowest BCUT2D eigenvalue weighted by atomic mass is 10.0. The summed E-state index contributed by atoms with van der Waals surface area (Å²) < 4.78 is 11.2. The minimum Gasteiger partial charge on any atom is -0.618 e. The van der Waals surface area contributed by atoms with E-state index >= 15 is 0 Å². The van der Waals surface area contributed by atoms with Crippen LogP contribution in [0.3, 0.4) is 0 Å². The van der Waals surface area contributed by atoms with Crippen LogP contribution in [0.25, 0.3) is 27.9 Å². The lowest BCUT2D eigenvalue weighted by Crippen LogP contribution is -2.35. The maximum absolute atomic E-state index is 13.5. The van der Waals surface area contributed by atoms with E-state index in [9.17, 15) is 10.0 Å². The number of pyridine rings is 1. The fourth-order valence-electron chi connectivity index (χ4n) is 4.95. The van der Waals surface area contributed by atoms with Crippen LogP contribution in [-0.4, -0.2) is 52.5 Å². The van der Waals surface area contributed by atoms with Crippen LogP contribution in [0.2, 0.25) is 5.02 Å². The van der Waals surface area contributed by atoms with Crippen molar-refractivity contribution in [1.29, 1.82) is 0 Å². The zero-order valence-electron chi connectivity index (χ0n) is 23.2. The molecule has 1 aliphatic rings. The third-order valence-corrected chi connectivity index (χ3v) is 7.52. The van der Waals surface area contributed by atoms with Gasteiger partial charge < -0.3 is 9.94 Å². The van der Waals surface area contributed by atoms with E-state index < -0.39 is 0 Å². The first-order valence-electron chi connectivity index (χ1n) is 13.9. The van der Waals surface area contributed by atoms with Crippen molar-refractivity contribution in [1.82, 2.24) is 39.8 Å². The molecule has 6 rings (SSSR count). The number of hydrogen-bond acceptors (Lipinski definition) is 8. The van der Waals surface area contributed by atoms with Gasteiger partial charge in [0, 0.05) is 45.6 Å². The first-order chi connectivity index (χ1) is 20.4. The van der Waals surface area contributed by atoms with Crippen LogP contribution in [-0.2, 0) is 11.3 Å². The van der Waals surface area contributed by atoms with E-state index in [1.165, 1.54) is 15.7 Å². The molecule has 5 aromatic rings. The van der Waals surface area contributed by atoms with Gasteiger partial charge in [-0.15, -0.1) is 5.10 Å². The summed E-state index contributed by atoms with van der Waals surface area (Å²) in [6, 6.07) is 10.4. The quantitative estimate of drug-likeness (QED) is 0.168. The Morgan fingerprint density at radius 3 is 2.64 bits per heavy atom. The molecule has 0 aliphatic heterocycles. The Balaban J connectivity index is 1.29. The van der Waals surface area contributed by atoms with Crippen molar-refractivity contribution < 1.29 is 9.47 Å². The molecule has 0 N–H and O–H groups in total. The van der Waals surface area contributed by atoms with Crippen LogP contribution in [0.5, 0.6) is 0 Å². The van der Waals surface area contributed by atoms with Crippen molar-refractivity contribution in [3.8, 4) is 27.9 Å². The second kappa shape index (κ2) is 11.8. The monoisotopic (exact) mass is 587 g/mol. The third kappa shape index (κ3) is 6.09. The predicted molar refractivity (Wildman–Crippen MR) is 155 cm³/mol. The number of halogens is 1. The van der Waals surface area contributed by atoms with Gasteiger partial charge in [-0.1, -0.05) is 24.4 Å². The maximum Gasteiger partial charge on any atom is 0.267 e. The van der Waals surface area contributed by atoms with Crippen LogP contribution in [0, 0.1) is 11.1 Å². The zero-order chi connectivity index (χ0) is 29.2. The lowest BCUT2D eigenvalue weighted by Gasteiger charge is -2.18. The first kappa shape index (κ1) is 27.7. The molecule has 12 nitrogen and oxygen atoms in total. The highest BCUT2D eigenvalue weighted by Crippen LogP contribution is 2.39. The van der Waals surface area contributed by atoms with Crippen LogP contribution in [0.15, 0.2) is 72.3 Å². The summed E-state index contributed by atoms with van der Waals surface area (Å²) in [6.07, 6.45) is 11.4. The average molecular weight is 588 g/mol. The summed E-state index contributed by atoms with van der Waals surface area (Å²) in [5, 5.41) is 34.4. The molecule has 0 spiro atoms. The number of tetrazole rings is 1. The smallest absolute Gasteiger partial charge is 0.267 e. The summed E-state index contributed by atoms with van der Waals surface area (Å²) in [5.41, 5.74) is 3.89. The van der Waals surface area contributed by atoms with Crippen LogP contribution < -0.4 is 10.3 Å². The number of aromatic nitrogens is 9. The molecular weight excluding hydrogens is 558 g/mol. The van der Waals surface area contributed by atoms with Crippen molar-refractivity contribution in [3.63, 3.8) is 0 Å². The van der Waals surface area contributed by atoms with Gasteiger partial charge in [0.05, 0.1) is 37.3 Å². The Morgan fingerprint density at radius 2 is 1.93 bits per heavy atom. The van der Waals surface area contributed by atoms with Crippen molar-refractivity contribution in [3.05, 3.63) is 93.8 Å². The summed E-state index contributed by atoms with van der Waals surface area (Å²) in [5.74, 6) is 0.528. The minimum absolute atomic E-state index is 0.0879. The van der Waals surface area contributed by atoms with Gasteiger partial charge in [0.15, 0.2) is 6.20 Å². The molecule has 4 aromatic heterocycles. The van der Waals surface area contributed by atoms with Gasteiger partial charge in [-0.25, -0.2) is 4.68 Å². The Labute approximate surface area is 246 Å². The molecule has 1 atom stereocenters. The van der Waals surface area contributed by atoms with Gasteiger partial charge in [-0.3, -0.25) is 9.48 Å². The molecule has 0 amide bonds. The van der Waals surface area contributed by atoms with Crippen LogP contribution >= 0.6 is 11.6 Å². The molecule has 1 aliphatic carbocycles. The third-order valence-electron chi connectivity index (χ3n) is 7.28. The number of hydrogen-bond donors (Lipinski definition) is 0.